The maximum absolute atomic E-state index is 4.44. The Morgan fingerprint density at radius 2 is 1.88 bits per heavy atom. The van der Waals surface area contributed by atoms with Crippen molar-refractivity contribution in [3.63, 3.8) is 0 Å². The number of aromatic nitrogens is 1. The van der Waals surface area contributed by atoms with Crippen LogP contribution in [0.5, 0.6) is 0 Å². The van der Waals surface area contributed by atoms with Gasteiger partial charge in [-0.05, 0) is 32.6 Å². The molecule has 1 rings (SSSR count). The second-order valence-electron chi connectivity index (χ2n) is 3.76. The molecule has 0 amide bonds. The molecule has 0 spiro atoms. The van der Waals surface area contributed by atoms with Crippen molar-refractivity contribution < 1.29 is 0 Å². The summed E-state index contributed by atoms with van der Waals surface area (Å²) < 4.78 is 0. The monoisotopic (exact) mass is 222 g/mol. The normalized spacial score (nSPS) is 10.5. The minimum atomic E-state index is 0.898. The first kappa shape index (κ1) is 12.8. The summed E-state index contributed by atoms with van der Waals surface area (Å²) in [4.78, 5) is 6.71. The van der Waals surface area contributed by atoms with Crippen LogP contribution >= 0.6 is 0 Å². The number of nitrogens with zero attached hydrogens (tertiary/aromatic N) is 2. The number of hydrogen-bond acceptors (Lipinski definition) is 4. The molecule has 0 aliphatic carbocycles. The van der Waals surface area contributed by atoms with E-state index in [1.165, 1.54) is 0 Å². The molecule has 0 aromatic carbocycles. The predicted molar refractivity (Wildman–Crippen MR) is 70.1 cm³/mol. The van der Waals surface area contributed by atoms with E-state index in [1.807, 2.05) is 18.2 Å². The van der Waals surface area contributed by atoms with Gasteiger partial charge in [-0.2, -0.15) is 0 Å². The molecule has 0 radical (unpaired) electrons. The van der Waals surface area contributed by atoms with Gasteiger partial charge in [0.1, 0.15) is 11.6 Å². The third kappa shape index (κ3) is 4.49. The van der Waals surface area contributed by atoms with Crippen molar-refractivity contribution in [2.24, 2.45) is 0 Å². The van der Waals surface area contributed by atoms with E-state index in [4.69, 9.17) is 0 Å². The lowest BCUT2D eigenvalue weighted by molar-refractivity contribution is 0.367. The van der Waals surface area contributed by atoms with Gasteiger partial charge in [-0.3, -0.25) is 0 Å². The quantitative estimate of drug-likeness (QED) is 0.739. The second-order valence-corrected chi connectivity index (χ2v) is 3.76. The van der Waals surface area contributed by atoms with Gasteiger partial charge in [0.05, 0.1) is 0 Å². The van der Waals surface area contributed by atoms with E-state index in [1.54, 1.807) is 0 Å². The Bertz CT molecular complexity index is 301. The van der Waals surface area contributed by atoms with Crippen LogP contribution in [0.1, 0.15) is 13.8 Å². The van der Waals surface area contributed by atoms with Gasteiger partial charge in [-0.15, -0.1) is 0 Å². The first-order valence-electron chi connectivity index (χ1n) is 5.89. The van der Waals surface area contributed by atoms with Crippen molar-refractivity contribution in [1.29, 1.82) is 0 Å². The largest absolute Gasteiger partial charge is 0.370 e. The highest BCUT2D eigenvalue weighted by molar-refractivity contribution is 5.44. The van der Waals surface area contributed by atoms with Crippen LogP contribution in [-0.2, 0) is 0 Å². The van der Waals surface area contributed by atoms with E-state index in [9.17, 15) is 0 Å². The highest BCUT2D eigenvalue weighted by atomic mass is 15.1. The molecule has 2 N–H and O–H groups in total. The molecule has 0 aliphatic heterocycles. The van der Waals surface area contributed by atoms with E-state index < -0.39 is 0 Å². The Labute approximate surface area is 98.1 Å². The molecule has 0 unspecified atom stereocenters. The molecule has 0 fully saturated rings. The van der Waals surface area contributed by atoms with E-state index in [-0.39, 0.29) is 0 Å². The number of rotatable bonds is 7. The third-order valence-electron chi connectivity index (χ3n) is 2.45. The zero-order valence-corrected chi connectivity index (χ0v) is 10.5. The summed E-state index contributed by atoms with van der Waals surface area (Å²) >= 11 is 0. The van der Waals surface area contributed by atoms with Gasteiger partial charge in [0.25, 0.3) is 0 Å². The first-order valence-corrected chi connectivity index (χ1v) is 5.89. The predicted octanol–water partition coefficient (Wildman–Crippen LogP) is 1.88. The molecule has 0 atom stereocenters. The lowest BCUT2D eigenvalue weighted by Gasteiger charge is -2.14. The molecule has 16 heavy (non-hydrogen) atoms. The zero-order valence-electron chi connectivity index (χ0n) is 10.5. The van der Waals surface area contributed by atoms with Crippen LogP contribution in [0.2, 0.25) is 0 Å². The van der Waals surface area contributed by atoms with E-state index in [2.05, 4.69) is 41.4 Å². The molecule has 4 nitrogen and oxygen atoms in total. The molecule has 0 saturated heterocycles. The summed E-state index contributed by atoms with van der Waals surface area (Å²) in [7, 11) is 2.12. The number of anilines is 2. The molecule has 0 saturated carbocycles. The summed E-state index contributed by atoms with van der Waals surface area (Å²) in [5, 5.41) is 6.51. The van der Waals surface area contributed by atoms with Gasteiger partial charge < -0.3 is 15.5 Å². The minimum absolute atomic E-state index is 0.898. The molecule has 90 valence electrons. The fourth-order valence-electron chi connectivity index (χ4n) is 1.35. The molecule has 4 heteroatoms. The van der Waals surface area contributed by atoms with Crippen molar-refractivity contribution in [1.82, 2.24) is 9.88 Å². The minimum Gasteiger partial charge on any atom is -0.370 e. The van der Waals surface area contributed by atoms with Crippen molar-refractivity contribution in [2.45, 2.75) is 13.8 Å². The molecule has 0 bridgehead atoms. The number of nitrogens with one attached hydrogen (secondary N) is 2. The van der Waals surface area contributed by atoms with Crippen molar-refractivity contribution in [3.8, 4) is 0 Å². The fraction of sp³-hybridized carbons (Fsp3) is 0.583. The highest BCUT2D eigenvalue weighted by Crippen LogP contribution is 2.08. The van der Waals surface area contributed by atoms with Crippen molar-refractivity contribution >= 4 is 11.6 Å². The zero-order chi connectivity index (χ0) is 11.8. The number of pyridine rings is 1. The van der Waals surface area contributed by atoms with Crippen LogP contribution in [0.25, 0.3) is 0 Å². The molecule has 1 heterocycles. The van der Waals surface area contributed by atoms with Gasteiger partial charge in [0.15, 0.2) is 0 Å². The topological polar surface area (TPSA) is 40.2 Å². The van der Waals surface area contributed by atoms with Gasteiger partial charge in [-0.25, -0.2) is 4.98 Å². The lowest BCUT2D eigenvalue weighted by atomic mass is 10.4. The van der Waals surface area contributed by atoms with Crippen LogP contribution in [0.3, 0.4) is 0 Å². The second kappa shape index (κ2) is 7.06. The van der Waals surface area contributed by atoms with Crippen LogP contribution in [-0.4, -0.2) is 43.1 Å². The number of likely N-dealkylation sites (N-methyl/N-ethyl adjacent to an activating group) is 1. The summed E-state index contributed by atoms with van der Waals surface area (Å²) in [6.07, 6.45) is 0. The molecular weight excluding hydrogens is 200 g/mol. The van der Waals surface area contributed by atoms with Gasteiger partial charge in [0.2, 0.25) is 0 Å². The SMILES string of the molecule is CCNc1cccc(NCCN(C)CC)n1. The van der Waals surface area contributed by atoms with E-state index >= 15 is 0 Å². The Kier molecular flexibility index (Phi) is 5.64. The lowest BCUT2D eigenvalue weighted by Crippen LogP contribution is -2.24. The fourth-order valence-corrected chi connectivity index (χ4v) is 1.35. The Morgan fingerprint density at radius 1 is 1.19 bits per heavy atom. The molecular formula is C12H22N4. The average molecular weight is 222 g/mol. The summed E-state index contributed by atoms with van der Waals surface area (Å²) in [6.45, 7) is 8.15. The van der Waals surface area contributed by atoms with Gasteiger partial charge >= 0.3 is 0 Å². The number of hydrogen-bond donors (Lipinski definition) is 2. The Morgan fingerprint density at radius 3 is 2.50 bits per heavy atom. The van der Waals surface area contributed by atoms with E-state index in [0.717, 1.165) is 37.8 Å². The maximum atomic E-state index is 4.44. The van der Waals surface area contributed by atoms with Crippen LogP contribution in [0.4, 0.5) is 11.6 Å². The summed E-state index contributed by atoms with van der Waals surface area (Å²) in [5.74, 6) is 1.86. The van der Waals surface area contributed by atoms with Crippen molar-refractivity contribution in [3.05, 3.63) is 18.2 Å². The van der Waals surface area contributed by atoms with Crippen molar-refractivity contribution in [2.75, 3.05) is 43.9 Å². The van der Waals surface area contributed by atoms with Crippen LogP contribution in [0, 0.1) is 0 Å². The summed E-state index contributed by atoms with van der Waals surface area (Å²) in [5.41, 5.74) is 0. The average Bonchev–Trinajstić information content (AvgIpc) is 2.30. The van der Waals surface area contributed by atoms with Crippen LogP contribution < -0.4 is 10.6 Å². The third-order valence-corrected chi connectivity index (χ3v) is 2.45. The molecule has 1 aromatic rings. The highest BCUT2D eigenvalue weighted by Gasteiger charge is 1.97. The molecule has 1 aromatic heterocycles. The molecule has 0 aliphatic rings. The Hall–Kier alpha value is -1.29. The standard InChI is InChI=1S/C12H22N4/c1-4-13-11-7-6-8-12(15-11)14-9-10-16(3)5-2/h6-8H,4-5,9-10H2,1-3H3,(H2,13,14,15). The Balaban J connectivity index is 2.38. The van der Waals surface area contributed by atoms with E-state index in [0.29, 0.717) is 0 Å². The van der Waals surface area contributed by atoms with Crippen LogP contribution in [0.15, 0.2) is 18.2 Å². The summed E-state index contributed by atoms with van der Waals surface area (Å²) in [6, 6.07) is 5.98. The smallest absolute Gasteiger partial charge is 0.128 e. The maximum Gasteiger partial charge on any atom is 0.128 e. The van der Waals surface area contributed by atoms with Gasteiger partial charge in [-0.1, -0.05) is 13.0 Å². The van der Waals surface area contributed by atoms with Gasteiger partial charge in [0, 0.05) is 19.6 Å². The first-order chi connectivity index (χ1) is 7.76.